The number of nitrogens with one attached hydrogen (secondary N) is 1. The van der Waals surface area contributed by atoms with Crippen molar-refractivity contribution in [3.05, 3.63) is 23.8 Å². The van der Waals surface area contributed by atoms with Crippen LogP contribution in [0.1, 0.15) is 32.8 Å². The van der Waals surface area contributed by atoms with Gasteiger partial charge in [-0.2, -0.15) is 0 Å². The van der Waals surface area contributed by atoms with Crippen molar-refractivity contribution < 1.29 is 23.4 Å². The van der Waals surface area contributed by atoms with Crippen molar-refractivity contribution in [2.24, 2.45) is 5.73 Å². The van der Waals surface area contributed by atoms with Crippen molar-refractivity contribution in [1.82, 2.24) is 0 Å². The van der Waals surface area contributed by atoms with Gasteiger partial charge in [-0.25, -0.2) is 13.6 Å². The number of halogens is 2. The van der Waals surface area contributed by atoms with Gasteiger partial charge in [-0.15, -0.1) is 0 Å². The zero-order valence-electron chi connectivity index (χ0n) is 12.0. The van der Waals surface area contributed by atoms with Crippen LogP contribution in [0.15, 0.2) is 18.2 Å². The quantitative estimate of drug-likeness (QED) is 0.733. The maximum absolute atomic E-state index is 13.3. The lowest BCUT2D eigenvalue weighted by Crippen LogP contribution is -2.28. The number of hydrogen-bond acceptors (Lipinski definition) is 4. The fourth-order valence-electron chi connectivity index (χ4n) is 1.99. The van der Waals surface area contributed by atoms with E-state index in [9.17, 15) is 18.7 Å². The van der Waals surface area contributed by atoms with Gasteiger partial charge in [0.15, 0.2) is 0 Å². The molecule has 1 unspecified atom stereocenters. The molecule has 1 atom stereocenters. The molecule has 0 radical (unpaired) electrons. The summed E-state index contributed by atoms with van der Waals surface area (Å²) in [6.45, 7) is 5.11. The summed E-state index contributed by atoms with van der Waals surface area (Å²) in [5, 5.41) is 12.1. The summed E-state index contributed by atoms with van der Waals surface area (Å²) in [4.78, 5) is 11.6. The largest absolute Gasteiger partial charge is 0.508 e. The van der Waals surface area contributed by atoms with Gasteiger partial charge < -0.3 is 15.6 Å². The molecular weight excluding hydrogens is 282 g/mol. The van der Waals surface area contributed by atoms with Crippen molar-refractivity contribution in [2.75, 3.05) is 5.32 Å². The summed E-state index contributed by atoms with van der Waals surface area (Å²) in [6.07, 6.45) is -1.25. The van der Waals surface area contributed by atoms with Gasteiger partial charge in [0.05, 0.1) is 0 Å². The molecule has 1 aromatic carbocycles. The Kier molecular flexibility index (Phi) is 3.36. The molecule has 7 heteroatoms. The molecule has 1 amide bonds. The van der Waals surface area contributed by atoms with Crippen molar-refractivity contribution in [1.29, 1.82) is 0 Å². The van der Waals surface area contributed by atoms with E-state index >= 15 is 0 Å². The van der Waals surface area contributed by atoms with Gasteiger partial charge in [-0.05, 0) is 39.0 Å². The van der Waals surface area contributed by atoms with Crippen molar-refractivity contribution in [2.45, 2.75) is 44.3 Å². The molecule has 1 aliphatic carbocycles. The number of carbonyl (C=O) groups is 1. The number of amides is 1. The van der Waals surface area contributed by atoms with E-state index in [1.54, 1.807) is 20.8 Å². The van der Waals surface area contributed by atoms with Gasteiger partial charge in [0.2, 0.25) is 0 Å². The molecule has 1 aromatic rings. The molecule has 4 N–H and O–H groups in total. The van der Waals surface area contributed by atoms with Crippen LogP contribution in [-0.4, -0.2) is 22.7 Å². The number of aromatic hydroxyl groups is 1. The Bertz CT molecular complexity index is 584. The standard InChI is InChI=1S/C14H18F2N2O3/c1-12(2,3)21-11(20)18-8-4-5-10(19)9(6-8)13(17)7-14(13,15)16/h4-6,19H,7,17H2,1-3H3,(H,18,20). The zero-order chi connectivity index (χ0) is 16.1. The summed E-state index contributed by atoms with van der Waals surface area (Å²) in [5.41, 5.74) is 3.16. The van der Waals surface area contributed by atoms with Crippen LogP contribution in [-0.2, 0) is 10.3 Å². The van der Waals surface area contributed by atoms with E-state index in [4.69, 9.17) is 10.5 Å². The van der Waals surface area contributed by atoms with E-state index in [-0.39, 0.29) is 17.0 Å². The lowest BCUT2D eigenvalue weighted by molar-refractivity contribution is 0.0636. The van der Waals surface area contributed by atoms with Crippen LogP contribution >= 0.6 is 0 Å². The third-order valence-corrected chi connectivity index (χ3v) is 3.15. The first kappa shape index (κ1) is 15.5. The summed E-state index contributed by atoms with van der Waals surface area (Å²) in [7, 11) is 0. The number of phenols is 1. The summed E-state index contributed by atoms with van der Waals surface area (Å²) >= 11 is 0. The SMILES string of the molecule is CC(C)(C)OC(=O)Nc1ccc(O)c(C2(N)CC2(F)F)c1. The second-order valence-electron chi connectivity index (χ2n) is 6.21. The van der Waals surface area contributed by atoms with E-state index in [1.807, 2.05) is 0 Å². The highest BCUT2D eigenvalue weighted by Crippen LogP contribution is 2.59. The van der Waals surface area contributed by atoms with Crippen LogP contribution in [0.25, 0.3) is 0 Å². The molecule has 0 saturated heterocycles. The number of carbonyl (C=O) groups excluding carboxylic acids is 1. The molecule has 5 nitrogen and oxygen atoms in total. The number of benzene rings is 1. The summed E-state index contributed by atoms with van der Waals surface area (Å²) in [6, 6.07) is 3.83. The summed E-state index contributed by atoms with van der Waals surface area (Å²) < 4.78 is 31.7. The Morgan fingerprint density at radius 3 is 2.48 bits per heavy atom. The molecule has 1 fully saturated rings. The van der Waals surface area contributed by atoms with Gasteiger partial charge in [0.25, 0.3) is 5.92 Å². The second kappa shape index (κ2) is 4.56. The highest BCUT2D eigenvalue weighted by molar-refractivity contribution is 5.85. The van der Waals surface area contributed by atoms with Gasteiger partial charge in [-0.1, -0.05) is 0 Å². The van der Waals surface area contributed by atoms with E-state index in [2.05, 4.69) is 5.32 Å². The lowest BCUT2D eigenvalue weighted by atomic mass is 10.0. The number of rotatable bonds is 2. The maximum atomic E-state index is 13.3. The Balaban J connectivity index is 2.19. The minimum atomic E-state index is -3.06. The molecule has 0 aromatic heterocycles. The fraction of sp³-hybridized carbons (Fsp3) is 0.500. The first-order valence-electron chi connectivity index (χ1n) is 6.45. The monoisotopic (exact) mass is 300 g/mol. The number of anilines is 1. The highest BCUT2D eigenvalue weighted by Gasteiger charge is 2.70. The molecule has 1 aliphatic rings. The molecule has 0 heterocycles. The van der Waals surface area contributed by atoms with Crippen LogP contribution in [0.5, 0.6) is 5.75 Å². The Morgan fingerprint density at radius 2 is 2.00 bits per heavy atom. The van der Waals surface area contributed by atoms with Crippen molar-refractivity contribution in [3.8, 4) is 5.75 Å². The van der Waals surface area contributed by atoms with Crippen LogP contribution < -0.4 is 11.1 Å². The van der Waals surface area contributed by atoms with Crippen molar-refractivity contribution in [3.63, 3.8) is 0 Å². The molecule has 0 spiro atoms. The fourth-order valence-corrected chi connectivity index (χ4v) is 1.99. The first-order valence-corrected chi connectivity index (χ1v) is 6.45. The Morgan fingerprint density at radius 1 is 1.43 bits per heavy atom. The van der Waals surface area contributed by atoms with E-state index in [1.165, 1.54) is 18.2 Å². The molecule has 2 rings (SSSR count). The third-order valence-electron chi connectivity index (χ3n) is 3.15. The lowest BCUT2D eigenvalue weighted by Gasteiger charge is -2.20. The van der Waals surface area contributed by atoms with E-state index in [0.717, 1.165) is 0 Å². The summed E-state index contributed by atoms with van der Waals surface area (Å²) in [5.74, 6) is -3.39. The van der Waals surface area contributed by atoms with Gasteiger partial charge in [-0.3, -0.25) is 5.32 Å². The average Bonchev–Trinajstić information content (AvgIpc) is 2.79. The van der Waals surface area contributed by atoms with Crippen LogP contribution in [0.4, 0.5) is 19.3 Å². The molecular formula is C14H18F2N2O3. The molecule has 0 bridgehead atoms. The number of nitrogens with two attached hydrogens (primary N) is 1. The molecule has 0 aliphatic heterocycles. The van der Waals surface area contributed by atoms with Gasteiger partial charge in [0, 0.05) is 17.7 Å². The van der Waals surface area contributed by atoms with Crippen molar-refractivity contribution >= 4 is 11.8 Å². The van der Waals surface area contributed by atoms with Crippen LogP contribution in [0.3, 0.4) is 0 Å². The zero-order valence-corrected chi connectivity index (χ0v) is 12.0. The van der Waals surface area contributed by atoms with E-state index in [0.29, 0.717) is 0 Å². The third kappa shape index (κ3) is 3.07. The Labute approximate surface area is 121 Å². The average molecular weight is 300 g/mol. The van der Waals surface area contributed by atoms with Gasteiger partial charge >= 0.3 is 6.09 Å². The highest BCUT2D eigenvalue weighted by atomic mass is 19.3. The number of ether oxygens (including phenoxy) is 1. The normalized spacial score (nSPS) is 23.5. The number of hydrogen-bond donors (Lipinski definition) is 3. The Hall–Kier alpha value is -1.89. The minimum absolute atomic E-state index is 0.0962. The molecule has 21 heavy (non-hydrogen) atoms. The van der Waals surface area contributed by atoms with Gasteiger partial charge in [0.1, 0.15) is 16.9 Å². The second-order valence-corrected chi connectivity index (χ2v) is 6.21. The minimum Gasteiger partial charge on any atom is -0.508 e. The first-order chi connectivity index (χ1) is 9.45. The predicted molar refractivity (Wildman–Crippen MR) is 73.4 cm³/mol. The maximum Gasteiger partial charge on any atom is 0.412 e. The topological polar surface area (TPSA) is 84.6 Å². The molecule has 116 valence electrons. The number of phenolic OH excluding ortho intramolecular Hbond substituents is 1. The van der Waals surface area contributed by atoms with Crippen LogP contribution in [0, 0.1) is 0 Å². The van der Waals surface area contributed by atoms with Crippen LogP contribution in [0.2, 0.25) is 0 Å². The number of alkyl halides is 2. The predicted octanol–water partition coefficient (Wildman–Crippen LogP) is 2.93. The molecule has 1 saturated carbocycles. The smallest absolute Gasteiger partial charge is 0.412 e. The van der Waals surface area contributed by atoms with E-state index < -0.39 is 29.6 Å².